The van der Waals surface area contributed by atoms with Crippen LogP contribution in [0.1, 0.15) is 116 Å². The van der Waals surface area contributed by atoms with E-state index in [0.29, 0.717) is 62.3 Å². The lowest BCUT2D eigenvalue weighted by atomic mass is 9.55. The van der Waals surface area contributed by atoms with Crippen molar-refractivity contribution in [1.82, 2.24) is 0 Å². The number of Topliss-reactive ketones (excluding diaryl/α,β-unsaturated/α-hetero) is 2. The first-order chi connectivity index (χ1) is 17.2. The highest BCUT2D eigenvalue weighted by Gasteiger charge is 2.70. The number of hydrogen-bond donors (Lipinski definition) is 2. The normalized spacial score (nSPS) is 54.9. The zero-order valence-electron chi connectivity index (χ0n) is 21.8. The predicted octanol–water partition coefficient (Wildman–Crippen LogP) is 4.83. The number of fused-ring (bicyclic) bond motifs is 2. The Balaban J connectivity index is 0.000000122. The molecule has 4 bridgehead atoms. The van der Waals surface area contributed by atoms with Gasteiger partial charge in [-0.1, -0.05) is 12.8 Å². The Hall–Kier alpha value is -0.820. The van der Waals surface area contributed by atoms with Gasteiger partial charge in [0, 0.05) is 49.4 Å². The van der Waals surface area contributed by atoms with Crippen LogP contribution in [-0.4, -0.2) is 46.6 Å². The lowest BCUT2D eigenvalue weighted by Gasteiger charge is -2.48. The Kier molecular flexibility index (Phi) is 5.29. The van der Waals surface area contributed by atoms with E-state index in [9.17, 15) is 19.8 Å². The molecule has 0 aromatic rings. The fraction of sp³-hybridized carbons (Fsp3) is 0.933. The van der Waals surface area contributed by atoms with Crippen LogP contribution in [0, 0.1) is 33.5 Å². The van der Waals surface area contributed by atoms with Crippen molar-refractivity contribution in [3.05, 3.63) is 0 Å². The summed E-state index contributed by atoms with van der Waals surface area (Å²) in [5.41, 5.74) is -0.126. The van der Waals surface area contributed by atoms with Gasteiger partial charge in [0.05, 0.1) is 13.2 Å². The molecule has 0 amide bonds. The van der Waals surface area contributed by atoms with Crippen LogP contribution in [-0.2, 0) is 19.1 Å². The number of ether oxygens (including phenoxy) is 2. The van der Waals surface area contributed by atoms with Crippen molar-refractivity contribution in [3.8, 4) is 0 Å². The third-order valence-electron chi connectivity index (χ3n) is 13.1. The van der Waals surface area contributed by atoms with E-state index in [-0.39, 0.29) is 21.7 Å². The number of hydrogen-bond acceptors (Lipinski definition) is 6. The van der Waals surface area contributed by atoms with E-state index in [1.54, 1.807) is 0 Å². The summed E-state index contributed by atoms with van der Waals surface area (Å²) < 4.78 is 11.5. The molecular formula is C30H44O6. The maximum Gasteiger partial charge on any atom is 0.166 e. The molecule has 8 fully saturated rings. The van der Waals surface area contributed by atoms with Gasteiger partial charge in [-0.15, -0.1) is 0 Å². The molecule has 8 atom stereocenters. The average Bonchev–Trinajstić information content (AvgIpc) is 3.49. The van der Waals surface area contributed by atoms with E-state index in [1.807, 2.05) is 0 Å². The summed E-state index contributed by atoms with van der Waals surface area (Å²) in [4.78, 5) is 25.4. The highest BCUT2D eigenvalue weighted by Crippen LogP contribution is 2.71. The fourth-order valence-corrected chi connectivity index (χ4v) is 11.7. The highest BCUT2D eigenvalue weighted by molar-refractivity contribution is 5.90. The summed E-state index contributed by atoms with van der Waals surface area (Å²) in [5, 5.41) is 21.2. The number of aliphatic hydroxyl groups is 2. The first-order valence-corrected chi connectivity index (χ1v) is 15.0. The molecule has 8 aliphatic rings. The van der Waals surface area contributed by atoms with Crippen LogP contribution in [0.25, 0.3) is 0 Å². The van der Waals surface area contributed by atoms with Gasteiger partial charge in [0.25, 0.3) is 0 Å². The summed E-state index contributed by atoms with van der Waals surface area (Å²) in [6.45, 7) is 1.28. The number of ketones is 2. The van der Waals surface area contributed by atoms with Crippen LogP contribution in [0.15, 0.2) is 0 Å². The Morgan fingerprint density at radius 3 is 1.47 bits per heavy atom. The van der Waals surface area contributed by atoms with Gasteiger partial charge in [0.1, 0.15) is 11.6 Å². The molecule has 4 spiro atoms. The van der Waals surface area contributed by atoms with Crippen molar-refractivity contribution in [2.75, 3.05) is 13.2 Å². The molecule has 2 aliphatic heterocycles. The Bertz CT molecular complexity index is 889. The molecule has 2 heterocycles. The molecule has 2 N–H and O–H groups in total. The first kappa shape index (κ1) is 24.2. The SMILES string of the molecule is O=C1C[C@@H]2CCC[C@@]23CCO[C@]2(O)CCC[C@]13C2.O=C1C[C@H]2CCC[C@]23CCO[C@@]2(O)CCC[C@@]13C2. The van der Waals surface area contributed by atoms with Crippen molar-refractivity contribution < 1.29 is 29.3 Å². The standard InChI is InChI=1S/2C15H22O3/c2*16-12-9-11-3-1-4-13(11)7-8-18-15(17)6-2-5-14(12,13)10-15/h2*11,17H,1-10H2/t2*11-,13+,14-,15+/m10/s1. The number of rotatable bonds is 0. The van der Waals surface area contributed by atoms with E-state index in [0.717, 1.165) is 51.4 Å². The van der Waals surface area contributed by atoms with Gasteiger partial charge in [0.15, 0.2) is 11.6 Å². The molecule has 6 nitrogen and oxygen atoms in total. The van der Waals surface area contributed by atoms with Gasteiger partial charge in [-0.2, -0.15) is 0 Å². The van der Waals surface area contributed by atoms with Crippen molar-refractivity contribution in [3.63, 3.8) is 0 Å². The Labute approximate surface area is 214 Å². The molecular weight excluding hydrogens is 456 g/mol. The molecule has 6 aliphatic carbocycles. The largest absolute Gasteiger partial charge is 0.365 e. The maximum absolute atomic E-state index is 12.7. The minimum Gasteiger partial charge on any atom is -0.365 e. The van der Waals surface area contributed by atoms with E-state index in [2.05, 4.69) is 0 Å². The summed E-state index contributed by atoms with van der Waals surface area (Å²) in [5.74, 6) is 0.0267. The first-order valence-electron chi connectivity index (χ1n) is 15.0. The predicted molar refractivity (Wildman–Crippen MR) is 132 cm³/mol. The van der Waals surface area contributed by atoms with Gasteiger partial charge in [0.2, 0.25) is 0 Å². The fourth-order valence-electron chi connectivity index (χ4n) is 11.7. The molecule has 0 aromatic carbocycles. The van der Waals surface area contributed by atoms with Crippen LogP contribution >= 0.6 is 0 Å². The summed E-state index contributed by atoms with van der Waals surface area (Å²) in [7, 11) is 0. The highest BCUT2D eigenvalue weighted by atomic mass is 16.6. The van der Waals surface area contributed by atoms with Crippen molar-refractivity contribution in [2.24, 2.45) is 33.5 Å². The molecule has 0 aromatic heterocycles. The zero-order valence-corrected chi connectivity index (χ0v) is 21.8. The Morgan fingerprint density at radius 2 is 1.03 bits per heavy atom. The lowest BCUT2D eigenvalue weighted by molar-refractivity contribution is -0.230. The molecule has 6 heteroatoms. The van der Waals surface area contributed by atoms with Gasteiger partial charge in [-0.05, 0) is 86.9 Å². The average molecular weight is 501 g/mol. The second kappa shape index (κ2) is 7.86. The molecule has 6 saturated carbocycles. The third-order valence-corrected chi connectivity index (χ3v) is 13.1. The third kappa shape index (κ3) is 2.99. The maximum atomic E-state index is 12.7. The van der Waals surface area contributed by atoms with Crippen LogP contribution < -0.4 is 0 Å². The monoisotopic (exact) mass is 500 g/mol. The van der Waals surface area contributed by atoms with Crippen LogP contribution in [0.3, 0.4) is 0 Å². The Morgan fingerprint density at radius 1 is 0.583 bits per heavy atom. The second-order valence-electron chi connectivity index (χ2n) is 14.1. The molecule has 36 heavy (non-hydrogen) atoms. The number of carbonyl (C=O) groups excluding carboxylic acids is 2. The van der Waals surface area contributed by atoms with Crippen molar-refractivity contribution in [2.45, 2.75) is 127 Å². The van der Waals surface area contributed by atoms with Crippen molar-refractivity contribution in [1.29, 1.82) is 0 Å². The van der Waals surface area contributed by atoms with Crippen LogP contribution in [0.2, 0.25) is 0 Å². The molecule has 2 saturated heterocycles. The van der Waals surface area contributed by atoms with E-state index >= 15 is 0 Å². The number of carbonyl (C=O) groups is 2. The smallest absolute Gasteiger partial charge is 0.166 e. The van der Waals surface area contributed by atoms with Crippen molar-refractivity contribution >= 4 is 11.6 Å². The second-order valence-corrected chi connectivity index (χ2v) is 14.1. The minimum absolute atomic E-state index is 0.176. The summed E-state index contributed by atoms with van der Waals surface area (Å²) >= 11 is 0. The minimum atomic E-state index is -1.01. The zero-order chi connectivity index (χ0) is 24.9. The van der Waals surface area contributed by atoms with E-state index in [4.69, 9.17) is 9.47 Å². The van der Waals surface area contributed by atoms with Crippen LogP contribution in [0.4, 0.5) is 0 Å². The molecule has 0 unspecified atom stereocenters. The molecule has 0 radical (unpaired) electrons. The van der Waals surface area contributed by atoms with Gasteiger partial charge < -0.3 is 19.7 Å². The molecule has 8 rings (SSSR count). The topological polar surface area (TPSA) is 93.1 Å². The van der Waals surface area contributed by atoms with Gasteiger partial charge in [-0.3, -0.25) is 9.59 Å². The summed E-state index contributed by atoms with van der Waals surface area (Å²) in [6, 6.07) is 0. The van der Waals surface area contributed by atoms with Gasteiger partial charge in [-0.25, -0.2) is 0 Å². The molecule has 200 valence electrons. The van der Waals surface area contributed by atoms with E-state index in [1.165, 1.54) is 38.5 Å². The van der Waals surface area contributed by atoms with E-state index < -0.39 is 11.6 Å². The van der Waals surface area contributed by atoms with Crippen LogP contribution in [0.5, 0.6) is 0 Å². The van der Waals surface area contributed by atoms with Gasteiger partial charge >= 0.3 is 0 Å². The quantitative estimate of drug-likeness (QED) is 0.495. The summed E-state index contributed by atoms with van der Waals surface area (Å²) in [6.07, 6.45) is 17.3. The lowest BCUT2D eigenvalue weighted by Crippen LogP contribution is -2.50.